The third-order valence-electron chi connectivity index (χ3n) is 3.50. The minimum Gasteiger partial charge on any atom is -0.356 e. The van der Waals surface area contributed by atoms with E-state index in [2.05, 4.69) is 10.3 Å². The van der Waals surface area contributed by atoms with Crippen LogP contribution in [0.25, 0.3) is 0 Å². The van der Waals surface area contributed by atoms with Crippen LogP contribution in [0.1, 0.15) is 12.1 Å². The van der Waals surface area contributed by atoms with Gasteiger partial charge < -0.3 is 14.8 Å². The summed E-state index contributed by atoms with van der Waals surface area (Å²) in [4.78, 5) is 7.39. The van der Waals surface area contributed by atoms with Gasteiger partial charge in [0.2, 0.25) is 0 Å². The van der Waals surface area contributed by atoms with Gasteiger partial charge in [0.25, 0.3) is 0 Å². The van der Waals surface area contributed by atoms with Gasteiger partial charge in [0.05, 0.1) is 18.1 Å². The number of nitrogens with zero attached hydrogens (tertiary/aromatic N) is 4. The second kappa shape index (κ2) is 11.1. The van der Waals surface area contributed by atoms with Gasteiger partial charge in [-0.05, 0) is 26.1 Å². The fourth-order valence-corrected chi connectivity index (χ4v) is 2.63. The average molecular weight is 496 g/mol. The zero-order valence-corrected chi connectivity index (χ0v) is 18.0. The lowest BCUT2D eigenvalue weighted by molar-refractivity contribution is -0.143. The number of halogens is 5. The van der Waals surface area contributed by atoms with E-state index in [9.17, 15) is 13.2 Å². The molecule has 0 unspecified atom stereocenters. The molecule has 1 aromatic heterocycles. The van der Waals surface area contributed by atoms with Crippen LogP contribution in [-0.4, -0.2) is 67.3 Å². The Bertz CT molecular complexity index is 548. The van der Waals surface area contributed by atoms with Crippen LogP contribution in [0.5, 0.6) is 0 Å². The SMILES string of the molecule is CN=C(NCCCN(C)CC(F)(F)F)N(C)Cc1cc(Cl)cn1C.I. The molecule has 1 rings (SSSR count). The maximum atomic E-state index is 12.3. The normalized spacial score (nSPS) is 12.3. The first kappa shape index (κ1) is 24.3. The Hall–Kier alpha value is -0.680. The largest absolute Gasteiger partial charge is 0.401 e. The highest BCUT2D eigenvalue weighted by atomic mass is 127. The van der Waals surface area contributed by atoms with Crippen molar-refractivity contribution in [3.63, 3.8) is 0 Å². The molecule has 0 atom stereocenters. The Kier molecular flexibility index (Phi) is 10.8. The molecule has 0 aromatic carbocycles. The van der Waals surface area contributed by atoms with Crippen molar-refractivity contribution in [1.82, 2.24) is 19.7 Å². The van der Waals surface area contributed by atoms with Crippen molar-refractivity contribution in [2.75, 3.05) is 40.8 Å². The molecule has 10 heteroatoms. The van der Waals surface area contributed by atoms with Crippen molar-refractivity contribution in [2.45, 2.75) is 19.1 Å². The van der Waals surface area contributed by atoms with E-state index >= 15 is 0 Å². The summed E-state index contributed by atoms with van der Waals surface area (Å²) >= 11 is 5.97. The van der Waals surface area contributed by atoms with Gasteiger partial charge in [-0.1, -0.05) is 11.6 Å². The Morgan fingerprint density at radius 1 is 1.36 bits per heavy atom. The van der Waals surface area contributed by atoms with Gasteiger partial charge >= 0.3 is 6.18 Å². The van der Waals surface area contributed by atoms with Crippen molar-refractivity contribution in [1.29, 1.82) is 0 Å². The number of alkyl halides is 3. The van der Waals surface area contributed by atoms with Crippen molar-refractivity contribution in [2.24, 2.45) is 12.0 Å². The maximum absolute atomic E-state index is 12.3. The smallest absolute Gasteiger partial charge is 0.356 e. The molecule has 1 heterocycles. The van der Waals surface area contributed by atoms with Gasteiger partial charge in [-0.2, -0.15) is 13.2 Å². The number of aliphatic imine (C=N–C) groups is 1. The van der Waals surface area contributed by atoms with Crippen LogP contribution < -0.4 is 5.32 Å². The van der Waals surface area contributed by atoms with Crippen LogP contribution in [0.3, 0.4) is 0 Å². The van der Waals surface area contributed by atoms with E-state index in [0.717, 1.165) is 5.69 Å². The highest BCUT2D eigenvalue weighted by molar-refractivity contribution is 14.0. The number of hydrogen-bond donors (Lipinski definition) is 1. The molecule has 0 aliphatic rings. The number of hydrogen-bond acceptors (Lipinski definition) is 2. The van der Waals surface area contributed by atoms with E-state index in [1.54, 1.807) is 7.05 Å². The van der Waals surface area contributed by atoms with Crippen molar-refractivity contribution < 1.29 is 13.2 Å². The van der Waals surface area contributed by atoms with Gasteiger partial charge in [-0.15, -0.1) is 24.0 Å². The molecule has 5 nitrogen and oxygen atoms in total. The molecule has 25 heavy (non-hydrogen) atoms. The average Bonchev–Trinajstić information content (AvgIpc) is 2.74. The summed E-state index contributed by atoms with van der Waals surface area (Å²) in [7, 11) is 6.95. The van der Waals surface area contributed by atoms with E-state index in [4.69, 9.17) is 11.6 Å². The molecule has 146 valence electrons. The molecular weight excluding hydrogens is 470 g/mol. The number of aryl methyl sites for hydroxylation is 1. The fourth-order valence-electron chi connectivity index (χ4n) is 2.36. The quantitative estimate of drug-likeness (QED) is 0.273. The third-order valence-corrected chi connectivity index (χ3v) is 3.70. The number of guanidine groups is 1. The number of rotatable bonds is 7. The molecule has 0 bridgehead atoms. The molecule has 1 aromatic rings. The Labute approximate surface area is 169 Å². The Morgan fingerprint density at radius 2 is 2.00 bits per heavy atom. The van der Waals surface area contributed by atoms with Gasteiger partial charge in [0, 0.05) is 39.6 Å². The molecule has 0 aliphatic carbocycles. The van der Waals surface area contributed by atoms with Crippen LogP contribution >= 0.6 is 35.6 Å². The second-order valence-corrected chi connectivity index (χ2v) is 6.23. The van der Waals surface area contributed by atoms with Crippen LogP contribution in [0.4, 0.5) is 13.2 Å². The first-order valence-electron chi connectivity index (χ1n) is 7.60. The summed E-state index contributed by atoms with van der Waals surface area (Å²) in [6.07, 6.45) is -1.73. The van der Waals surface area contributed by atoms with Gasteiger partial charge in [0.1, 0.15) is 0 Å². The van der Waals surface area contributed by atoms with E-state index < -0.39 is 12.7 Å². The highest BCUT2D eigenvalue weighted by Gasteiger charge is 2.28. The third kappa shape index (κ3) is 9.55. The topological polar surface area (TPSA) is 35.8 Å². The molecule has 0 fully saturated rings. The van der Waals surface area contributed by atoms with Gasteiger partial charge in [-0.25, -0.2) is 0 Å². The highest BCUT2D eigenvalue weighted by Crippen LogP contribution is 2.15. The van der Waals surface area contributed by atoms with Crippen molar-refractivity contribution >= 4 is 41.5 Å². The molecule has 0 amide bonds. The molecule has 0 saturated heterocycles. The van der Waals surface area contributed by atoms with Crippen LogP contribution in [-0.2, 0) is 13.6 Å². The minimum atomic E-state index is -4.16. The molecule has 0 spiro atoms. The molecule has 0 radical (unpaired) electrons. The molecule has 1 N–H and O–H groups in total. The molecular formula is C15H26ClF3IN5. The summed E-state index contributed by atoms with van der Waals surface area (Å²) in [6, 6.07) is 1.89. The predicted octanol–water partition coefficient (Wildman–Crippen LogP) is 3.19. The summed E-state index contributed by atoms with van der Waals surface area (Å²) in [5, 5.41) is 3.84. The predicted molar refractivity (Wildman–Crippen MR) is 107 cm³/mol. The minimum absolute atomic E-state index is 0. The standard InChI is InChI=1S/C15H25ClF3N5.HI/c1-20-14(21-6-5-7-22(2)11-15(17,18)19)24(4)10-13-8-12(16)9-23(13)3;/h8-9H,5-7,10-11H2,1-4H3,(H,20,21);1H. The van der Waals surface area contributed by atoms with E-state index in [-0.39, 0.29) is 24.0 Å². The Balaban J connectivity index is 0.00000576. The first-order valence-corrected chi connectivity index (χ1v) is 7.98. The maximum Gasteiger partial charge on any atom is 0.401 e. The van der Waals surface area contributed by atoms with Crippen LogP contribution in [0.15, 0.2) is 17.3 Å². The summed E-state index contributed by atoms with van der Waals surface area (Å²) < 4.78 is 38.7. The summed E-state index contributed by atoms with van der Waals surface area (Å²) in [5.41, 5.74) is 1.04. The molecule has 0 saturated carbocycles. The second-order valence-electron chi connectivity index (χ2n) is 5.80. The first-order chi connectivity index (χ1) is 11.1. The Morgan fingerprint density at radius 3 is 2.48 bits per heavy atom. The number of nitrogens with one attached hydrogen (secondary N) is 1. The monoisotopic (exact) mass is 495 g/mol. The summed E-state index contributed by atoms with van der Waals surface area (Å²) in [5.74, 6) is 0.686. The van der Waals surface area contributed by atoms with Crippen LogP contribution in [0, 0.1) is 0 Å². The van der Waals surface area contributed by atoms with Gasteiger partial charge in [0.15, 0.2) is 5.96 Å². The van der Waals surface area contributed by atoms with E-state index in [1.807, 2.05) is 35.8 Å². The molecule has 0 aliphatic heterocycles. The lowest BCUT2D eigenvalue weighted by Gasteiger charge is -2.23. The van der Waals surface area contributed by atoms with Crippen molar-refractivity contribution in [3.8, 4) is 0 Å². The zero-order valence-electron chi connectivity index (χ0n) is 14.9. The van der Waals surface area contributed by atoms with Gasteiger partial charge in [-0.3, -0.25) is 9.89 Å². The van der Waals surface area contributed by atoms with Crippen LogP contribution in [0.2, 0.25) is 5.02 Å². The zero-order chi connectivity index (χ0) is 18.3. The van der Waals surface area contributed by atoms with E-state index in [0.29, 0.717) is 37.0 Å². The lowest BCUT2D eigenvalue weighted by atomic mass is 10.3. The summed E-state index contributed by atoms with van der Waals surface area (Å²) in [6.45, 7) is 0.639. The lowest BCUT2D eigenvalue weighted by Crippen LogP contribution is -2.40. The van der Waals surface area contributed by atoms with E-state index in [1.165, 1.54) is 11.9 Å². The fraction of sp³-hybridized carbons (Fsp3) is 0.667. The van der Waals surface area contributed by atoms with Crippen molar-refractivity contribution in [3.05, 3.63) is 23.0 Å². The number of aromatic nitrogens is 1.